The van der Waals surface area contributed by atoms with Gasteiger partial charge in [-0.25, -0.2) is 4.39 Å². The summed E-state index contributed by atoms with van der Waals surface area (Å²) in [6.07, 6.45) is 0.794. The Morgan fingerprint density at radius 2 is 2.10 bits per heavy atom. The van der Waals surface area contributed by atoms with Crippen LogP contribution in [0.5, 0.6) is 5.75 Å². The maximum atomic E-state index is 13.3. The summed E-state index contributed by atoms with van der Waals surface area (Å²) in [5.74, 6) is -0.189. The Kier molecular flexibility index (Phi) is 8.38. The van der Waals surface area contributed by atoms with E-state index in [0.717, 1.165) is 6.42 Å². The van der Waals surface area contributed by atoms with E-state index in [1.54, 1.807) is 25.3 Å². The monoisotopic (exact) mass is 298 g/mol. The summed E-state index contributed by atoms with van der Waals surface area (Å²) in [4.78, 5) is 13.4. The molecule has 5 nitrogen and oxygen atoms in total. The largest absolute Gasteiger partial charge is 0.489 e. The van der Waals surface area contributed by atoms with Gasteiger partial charge in [0.1, 0.15) is 6.61 Å². The minimum absolute atomic E-state index is 0.0421. The van der Waals surface area contributed by atoms with Crippen molar-refractivity contribution in [3.63, 3.8) is 0 Å². The first-order chi connectivity index (χ1) is 10.1. The van der Waals surface area contributed by atoms with E-state index in [1.165, 1.54) is 6.07 Å². The quantitative estimate of drug-likeness (QED) is 0.661. The van der Waals surface area contributed by atoms with Gasteiger partial charge in [0.05, 0.1) is 6.54 Å². The lowest BCUT2D eigenvalue weighted by Gasteiger charge is -2.16. The lowest BCUT2D eigenvalue weighted by Crippen LogP contribution is -2.37. The van der Waals surface area contributed by atoms with E-state index in [9.17, 15) is 9.18 Å². The summed E-state index contributed by atoms with van der Waals surface area (Å²) in [5, 5.41) is 2.80. The average Bonchev–Trinajstić information content (AvgIpc) is 2.45. The van der Waals surface area contributed by atoms with E-state index in [4.69, 9.17) is 9.47 Å². The van der Waals surface area contributed by atoms with Crippen LogP contribution in [0.3, 0.4) is 0 Å². The van der Waals surface area contributed by atoms with Gasteiger partial charge in [-0.05, 0) is 25.6 Å². The number of hydrogen-bond donors (Lipinski definition) is 1. The van der Waals surface area contributed by atoms with Crippen LogP contribution in [0.2, 0.25) is 0 Å². The molecule has 0 unspecified atom stereocenters. The standard InChI is InChI=1S/C15H23FN2O3/c1-18(12-15(19)17-8-5-10-20-2)9-11-21-14-7-4-3-6-13(14)16/h3-4,6-7H,5,8-12H2,1-2H3,(H,17,19). The fourth-order valence-electron chi connectivity index (χ4n) is 1.70. The van der Waals surface area contributed by atoms with Crippen LogP contribution in [0.25, 0.3) is 0 Å². The molecule has 0 saturated heterocycles. The number of carbonyl (C=O) groups is 1. The van der Waals surface area contributed by atoms with Gasteiger partial charge < -0.3 is 14.8 Å². The van der Waals surface area contributed by atoms with Crippen molar-refractivity contribution in [1.82, 2.24) is 10.2 Å². The maximum absolute atomic E-state index is 13.3. The van der Waals surface area contributed by atoms with Gasteiger partial charge in [0, 0.05) is 26.8 Å². The zero-order valence-electron chi connectivity index (χ0n) is 12.6. The van der Waals surface area contributed by atoms with Crippen LogP contribution in [-0.2, 0) is 9.53 Å². The summed E-state index contributed by atoms with van der Waals surface area (Å²) in [6, 6.07) is 6.27. The van der Waals surface area contributed by atoms with Gasteiger partial charge >= 0.3 is 0 Å². The van der Waals surface area contributed by atoms with E-state index in [-0.39, 0.29) is 24.0 Å². The molecule has 0 aliphatic rings. The van der Waals surface area contributed by atoms with Crippen molar-refractivity contribution in [2.75, 3.05) is 47.0 Å². The molecule has 0 atom stereocenters. The SMILES string of the molecule is COCCCNC(=O)CN(C)CCOc1ccccc1F. The van der Waals surface area contributed by atoms with Gasteiger partial charge in [-0.15, -0.1) is 0 Å². The van der Waals surface area contributed by atoms with Gasteiger partial charge in [-0.2, -0.15) is 0 Å². The van der Waals surface area contributed by atoms with Gasteiger partial charge in [-0.3, -0.25) is 9.69 Å². The number of halogens is 1. The molecular formula is C15H23FN2O3. The fourth-order valence-corrected chi connectivity index (χ4v) is 1.70. The molecule has 1 aromatic carbocycles. The maximum Gasteiger partial charge on any atom is 0.234 e. The average molecular weight is 298 g/mol. The highest BCUT2D eigenvalue weighted by molar-refractivity contribution is 5.77. The highest BCUT2D eigenvalue weighted by Crippen LogP contribution is 2.14. The summed E-state index contributed by atoms with van der Waals surface area (Å²) in [7, 11) is 3.45. The van der Waals surface area contributed by atoms with Gasteiger partial charge in [-0.1, -0.05) is 12.1 Å². The highest BCUT2D eigenvalue weighted by atomic mass is 19.1. The molecule has 0 aromatic heterocycles. The molecule has 0 radical (unpaired) electrons. The number of amides is 1. The summed E-state index contributed by atoms with van der Waals surface area (Å²) in [5.41, 5.74) is 0. The number of ether oxygens (including phenoxy) is 2. The van der Waals surface area contributed by atoms with E-state index >= 15 is 0 Å². The summed E-state index contributed by atoms with van der Waals surface area (Å²) < 4.78 is 23.6. The van der Waals surface area contributed by atoms with E-state index in [2.05, 4.69) is 5.32 Å². The fraction of sp³-hybridized carbons (Fsp3) is 0.533. The number of benzene rings is 1. The van der Waals surface area contributed by atoms with Crippen molar-refractivity contribution in [3.8, 4) is 5.75 Å². The topological polar surface area (TPSA) is 50.8 Å². The zero-order valence-corrected chi connectivity index (χ0v) is 12.6. The van der Waals surface area contributed by atoms with E-state index in [1.807, 2.05) is 11.9 Å². The van der Waals surface area contributed by atoms with Crippen molar-refractivity contribution in [2.24, 2.45) is 0 Å². The molecule has 1 amide bonds. The third kappa shape index (κ3) is 7.63. The Morgan fingerprint density at radius 1 is 1.33 bits per heavy atom. The molecule has 6 heteroatoms. The lowest BCUT2D eigenvalue weighted by molar-refractivity contribution is -0.122. The molecule has 0 spiro atoms. The second-order valence-corrected chi connectivity index (χ2v) is 4.71. The van der Waals surface area contributed by atoms with Gasteiger partial charge in [0.2, 0.25) is 5.91 Å². The predicted octanol–water partition coefficient (Wildman–Crippen LogP) is 1.29. The molecule has 118 valence electrons. The molecule has 21 heavy (non-hydrogen) atoms. The Balaban J connectivity index is 2.14. The molecule has 0 saturated carbocycles. The van der Waals surface area contributed by atoms with Crippen LogP contribution in [-0.4, -0.2) is 57.8 Å². The second kappa shape index (κ2) is 10.1. The number of nitrogens with zero attached hydrogens (tertiary/aromatic N) is 1. The van der Waals surface area contributed by atoms with Crippen molar-refractivity contribution < 1.29 is 18.7 Å². The van der Waals surface area contributed by atoms with E-state index in [0.29, 0.717) is 26.3 Å². The second-order valence-electron chi connectivity index (χ2n) is 4.71. The zero-order chi connectivity index (χ0) is 15.5. The van der Waals surface area contributed by atoms with Crippen molar-refractivity contribution >= 4 is 5.91 Å². The third-order valence-electron chi connectivity index (χ3n) is 2.83. The van der Waals surface area contributed by atoms with Crippen LogP contribution in [0, 0.1) is 5.82 Å². The van der Waals surface area contributed by atoms with Crippen molar-refractivity contribution in [2.45, 2.75) is 6.42 Å². The van der Waals surface area contributed by atoms with Crippen molar-refractivity contribution in [1.29, 1.82) is 0 Å². The highest BCUT2D eigenvalue weighted by Gasteiger charge is 2.07. The molecule has 0 aliphatic heterocycles. The van der Waals surface area contributed by atoms with Crippen LogP contribution in [0.15, 0.2) is 24.3 Å². The number of likely N-dealkylation sites (N-methyl/N-ethyl adjacent to an activating group) is 1. The van der Waals surface area contributed by atoms with Gasteiger partial charge in [0.15, 0.2) is 11.6 Å². The Morgan fingerprint density at radius 3 is 2.81 bits per heavy atom. The molecule has 1 aromatic rings. The first-order valence-corrected chi connectivity index (χ1v) is 6.95. The van der Waals surface area contributed by atoms with Crippen LogP contribution in [0.1, 0.15) is 6.42 Å². The smallest absolute Gasteiger partial charge is 0.234 e. The summed E-state index contributed by atoms with van der Waals surface area (Å²) in [6.45, 7) is 2.39. The molecule has 0 bridgehead atoms. The van der Waals surface area contributed by atoms with Gasteiger partial charge in [0.25, 0.3) is 0 Å². The van der Waals surface area contributed by atoms with Crippen molar-refractivity contribution in [3.05, 3.63) is 30.1 Å². The number of carbonyl (C=O) groups excluding carboxylic acids is 1. The third-order valence-corrected chi connectivity index (χ3v) is 2.83. The number of methoxy groups -OCH3 is 1. The molecule has 0 aliphatic carbocycles. The number of nitrogens with one attached hydrogen (secondary N) is 1. The molecule has 1 rings (SSSR count). The normalized spacial score (nSPS) is 10.7. The predicted molar refractivity (Wildman–Crippen MR) is 78.9 cm³/mol. The number of hydrogen-bond acceptors (Lipinski definition) is 4. The Bertz CT molecular complexity index is 429. The van der Waals surface area contributed by atoms with Crippen LogP contribution in [0.4, 0.5) is 4.39 Å². The molecule has 1 N–H and O–H groups in total. The Labute approximate surface area is 125 Å². The Hall–Kier alpha value is -1.66. The first kappa shape index (κ1) is 17.4. The number of para-hydroxylation sites is 1. The van der Waals surface area contributed by atoms with Crippen LogP contribution < -0.4 is 10.1 Å². The van der Waals surface area contributed by atoms with Crippen LogP contribution >= 0.6 is 0 Å². The molecule has 0 fully saturated rings. The molecule has 0 heterocycles. The minimum atomic E-state index is -0.379. The molecular weight excluding hydrogens is 275 g/mol. The minimum Gasteiger partial charge on any atom is -0.489 e. The lowest BCUT2D eigenvalue weighted by atomic mass is 10.3. The first-order valence-electron chi connectivity index (χ1n) is 6.95. The summed E-state index contributed by atoms with van der Waals surface area (Å²) >= 11 is 0. The number of rotatable bonds is 10. The van der Waals surface area contributed by atoms with E-state index < -0.39 is 0 Å².